The van der Waals surface area contributed by atoms with Crippen molar-refractivity contribution in [1.29, 1.82) is 0 Å². The van der Waals surface area contributed by atoms with Crippen molar-refractivity contribution >= 4 is 40.3 Å². The average Bonchev–Trinajstić information content (AvgIpc) is 4.36. The van der Waals surface area contributed by atoms with Gasteiger partial charge in [-0.1, -0.05) is 38.1 Å². The number of aliphatic hydroxyl groups is 1. The molecule has 2 aromatic carbocycles. The molecule has 1 saturated carbocycles. The maximum Gasteiger partial charge on any atom is 0.254 e. The van der Waals surface area contributed by atoms with Crippen LogP contribution in [0.25, 0.3) is 21.7 Å². The molecule has 5 aliphatic rings. The number of thiazole rings is 1. The Kier molecular flexibility index (Phi) is 15.9. The number of ether oxygens (including phenoxy) is 4. The Morgan fingerprint density at radius 3 is 2.42 bits per heavy atom. The van der Waals surface area contributed by atoms with Crippen LogP contribution in [0.3, 0.4) is 0 Å². The fourth-order valence-electron chi connectivity index (χ4n) is 12.2. The highest BCUT2D eigenvalue weighted by Gasteiger charge is 2.45. The third-order valence-corrected chi connectivity index (χ3v) is 17.4. The molecule has 418 valence electrons. The van der Waals surface area contributed by atoms with Gasteiger partial charge in [-0.2, -0.15) is 0 Å². The highest BCUT2D eigenvalue weighted by Crippen LogP contribution is 2.41. The SMILES string of the molecule is COc1cc(-c2scnc2C)ccc1[C@H](C)NC(=O)[C@@H]1C[C@@H](O)CN1C(=O)[C@H](c1cc(OCCN2CCC(OC3CC(Oc4cc(N5C6CC[C@@H]5CN(c5cc(-c7ccccc7O)nnc5N)C6)ccn4)C3)CC2)no1)C(C)C. The van der Waals surface area contributed by atoms with Crippen LogP contribution in [-0.2, 0) is 14.3 Å². The van der Waals surface area contributed by atoms with Gasteiger partial charge in [-0.3, -0.25) is 14.5 Å². The Morgan fingerprint density at radius 2 is 1.68 bits per heavy atom. The molecule has 2 bridgehead atoms. The Labute approximate surface area is 464 Å². The van der Waals surface area contributed by atoms with E-state index < -0.39 is 24.1 Å². The number of aryl methyl sites for hydroxylation is 1. The zero-order chi connectivity index (χ0) is 54.9. The molecule has 6 atom stereocenters. The van der Waals surface area contributed by atoms with Crippen molar-refractivity contribution in [2.75, 3.05) is 68.5 Å². The van der Waals surface area contributed by atoms with Gasteiger partial charge in [0.1, 0.15) is 36.2 Å². The van der Waals surface area contributed by atoms with Crippen molar-refractivity contribution in [2.45, 2.75) is 127 Å². The molecule has 1 aliphatic carbocycles. The van der Waals surface area contributed by atoms with Gasteiger partial charge in [-0.25, -0.2) is 9.97 Å². The van der Waals surface area contributed by atoms with Crippen LogP contribution in [0.5, 0.6) is 23.3 Å². The van der Waals surface area contributed by atoms with Crippen molar-refractivity contribution in [3.8, 4) is 45.0 Å². The number of amides is 2. The standard InChI is InChI=1S/C58H71N11O9S/c1-33(2)54(58(73)68-31-40(70)24-48(68)57(72)62-34(3)44-13-10-36(22-50(44)74-5)55-35(4)61-32-79-55)51-28-53(65-78-51)75-21-20-66-18-15-41(16-19-66)76-42-25-43(26-42)77-52-23-37(14-17-60-52)69-38-11-12-39(69)30-67(29-38)47-27-46(63-64-56(47)59)45-8-6-7-9-49(45)71/h6-10,13-14,17,22-23,27-28,32-34,38-43,48,54,70-71H,11-12,15-16,18-21,24-26,29-31H2,1-5H3,(H2,59,64)(H,62,72)/t34-,38+,39?,40+,42?,43?,48-,54-/m0/s1. The lowest BCUT2D eigenvalue weighted by atomic mass is 9.91. The molecular weight excluding hydrogens is 1030 g/mol. The molecular formula is C58H71N11O9S. The number of aromatic nitrogens is 5. The van der Waals surface area contributed by atoms with Crippen molar-refractivity contribution in [3.05, 3.63) is 95.5 Å². The first-order valence-electron chi connectivity index (χ1n) is 27.7. The van der Waals surface area contributed by atoms with E-state index in [-0.39, 0.29) is 66.8 Å². The third-order valence-electron chi connectivity index (χ3n) is 16.4. The number of benzene rings is 2. The number of para-hydroxylation sites is 1. The number of nitrogen functional groups attached to an aromatic ring is 1. The lowest BCUT2D eigenvalue weighted by Crippen LogP contribution is -2.54. The maximum absolute atomic E-state index is 14.3. The van der Waals surface area contributed by atoms with Crippen molar-refractivity contribution in [2.24, 2.45) is 5.92 Å². The van der Waals surface area contributed by atoms with E-state index in [1.165, 1.54) is 4.90 Å². The van der Waals surface area contributed by atoms with Gasteiger partial charge in [0.25, 0.3) is 5.88 Å². The highest BCUT2D eigenvalue weighted by atomic mass is 32.1. The number of fused-ring (bicyclic) bond motifs is 2. The molecule has 5 fully saturated rings. The third kappa shape index (κ3) is 11.7. The lowest BCUT2D eigenvalue weighted by Gasteiger charge is -2.43. The number of pyridine rings is 1. The number of hydrogen-bond donors (Lipinski definition) is 4. The molecule has 11 rings (SSSR count). The van der Waals surface area contributed by atoms with Crippen molar-refractivity contribution in [3.63, 3.8) is 0 Å². The molecule has 0 spiro atoms. The Hall–Kier alpha value is -7.07. The van der Waals surface area contributed by atoms with E-state index in [1.807, 2.05) is 75.8 Å². The number of likely N-dealkylation sites (tertiary alicyclic amines) is 2. The molecule has 79 heavy (non-hydrogen) atoms. The summed E-state index contributed by atoms with van der Waals surface area (Å²) in [6.07, 6.45) is 7.13. The smallest absolute Gasteiger partial charge is 0.254 e. The molecule has 0 radical (unpaired) electrons. The van der Waals surface area contributed by atoms with E-state index >= 15 is 0 Å². The number of phenolic OH excluding ortho intramolecular Hbond substituents is 1. The van der Waals surface area contributed by atoms with Crippen LogP contribution in [0.15, 0.2) is 83.0 Å². The lowest BCUT2D eigenvalue weighted by molar-refractivity contribution is -0.141. The highest BCUT2D eigenvalue weighted by molar-refractivity contribution is 7.13. The number of piperidine rings is 1. The largest absolute Gasteiger partial charge is 0.507 e. The summed E-state index contributed by atoms with van der Waals surface area (Å²) in [5, 5.41) is 37.1. The van der Waals surface area contributed by atoms with Gasteiger partial charge in [0.2, 0.25) is 17.7 Å². The van der Waals surface area contributed by atoms with E-state index in [9.17, 15) is 19.8 Å². The number of rotatable bonds is 19. The second kappa shape index (κ2) is 23.3. The predicted octanol–water partition coefficient (Wildman–Crippen LogP) is 7.16. The molecule has 4 aliphatic heterocycles. The van der Waals surface area contributed by atoms with E-state index in [4.69, 9.17) is 29.2 Å². The number of phenols is 1. The minimum atomic E-state index is -0.875. The zero-order valence-corrected chi connectivity index (χ0v) is 46.3. The van der Waals surface area contributed by atoms with Crippen LogP contribution in [0, 0.1) is 12.8 Å². The summed E-state index contributed by atoms with van der Waals surface area (Å²) in [7, 11) is 1.60. The molecule has 1 unspecified atom stereocenters. The van der Waals surface area contributed by atoms with Crippen LogP contribution in [0.1, 0.15) is 94.7 Å². The zero-order valence-electron chi connectivity index (χ0n) is 45.4. The molecule has 20 nitrogen and oxygen atoms in total. The van der Waals surface area contributed by atoms with Crippen LogP contribution in [-0.4, -0.2) is 153 Å². The number of methoxy groups -OCH3 is 1. The number of nitrogens with zero attached hydrogens (tertiary/aromatic N) is 9. The second-order valence-corrected chi connectivity index (χ2v) is 22.9. The van der Waals surface area contributed by atoms with Gasteiger partial charge >= 0.3 is 0 Å². The van der Waals surface area contributed by atoms with Gasteiger partial charge in [0, 0.05) is 106 Å². The van der Waals surface area contributed by atoms with E-state index in [0.29, 0.717) is 53.5 Å². The Morgan fingerprint density at radius 1 is 0.899 bits per heavy atom. The molecule has 8 heterocycles. The average molecular weight is 1100 g/mol. The minimum Gasteiger partial charge on any atom is -0.507 e. The minimum absolute atomic E-state index is 0.0284. The van der Waals surface area contributed by atoms with Crippen molar-refractivity contribution in [1.82, 2.24) is 40.4 Å². The number of anilines is 3. The molecule has 6 aromatic rings. The maximum atomic E-state index is 14.3. The number of piperazine rings is 1. The van der Waals surface area contributed by atoms with Crippen LogP contribution < -0.4 is 35.1 Å². The molecule has 2 amide bonds. The monoisotopic (exact) mass is 1100 g/mol. The van der Waals surface area contributed by atoms with Gasteiger partial charge in [0.05, 0.1) is 58.9 Å². The van der Waals surface area contributed by atoms with Crippen LogP contribution in [0.2, 0.25) is 0 Å². The number of carbonyl (C=O) groups excluding carboxylic acids is 2. The predicted molar refractivity (Wildman–Crippen MR) is 298 cm³/mol. The number of carbonyl (C=O) groups is 2. The fraction of sp³-hybridized carbons (Fsp3) is 0.500. The second-order valence-electron chi connectivity index (χ2n) is 22.1. The molecule has 4 aromatic heterocycles. The summed E-state index contributed by atoms with van der Waals surface area (Å²) in [6.45, 7) is 12.2. The van der Waals surface area contributed by atoms with Gasteiger partial charge in [0.15, 0.2) is 11.6 Å². The number of nitrogens with one attached hydrogen (secondary N) is 1. The van der Waals surface area contributed by atoms with Gasteiger partial charge in [-0.05, 0) is 86.5 Å². The molecule has 4 saturated heterocycles. The van der Waals surface area contributed by atoms with E-state index in [0.717, 1.165) is 97.8 Å². The van der Waals surface area contributed by atoms with E-state index in [1.54, 1.807) is 36.6 Å². The summed E-state index contributed by atoms with van der Waals surface area (Å²) < 4.78 is 30.5. The molecule has 5 N–H and O–H groups in total. The summed E-state index contributed by atoms with van der Waals surface area (Å²) in [6, 6.07) is 20.0. The first-order valence-corrected chi connectivity index (χ1v) is 28.6. The normalized spacial score (nSPS) is 23.2. The topological polar surface area (TPSA) is 240 Å². The number of hydrogen-bond acceptors (Lipinski definition) is 19. The molecule has 21 heteroatoms. The van der Waals surface area contributed by atoms with Crippen LogP contribution in [0.4, 0.5) is 17.2 Å². The first-order chi connectivity index (χ1) is 38.3. The van der Waals surface area contributed by atoms with E-state index in [2.05, 4.69) is 57.5 Å². The summed E-state index contributed by atoms with van der Waals surface area (Å²) in [5.41, 5.74) is 14.1. The number of nitrogens with two attached hydrogens (primary N) is 1. The summed E-state index contributed by atoms with van der Waals surface area (Å²) >= 11 is 1.55. The number of aliphatic hydroxyl groups excluding tert-OH is 1. The Bertz CT molecular complexity index is 3090. The van der Waals surface area contributed by atoms with Crippen molar-refractivity contribution < 1.29 is 43.3 Å². The van der Waals surface area contributed by atoms with Gasteiger partial charge in [-0.15, -0.1) is 21.5 Å². The van der Waals surface area contributed by atoms with Crippen LogP contribution >= 0.6 is 11.3 Å². The quantitative estimate of drug-likeness (QED) is 0.0629. The fourth-order valence-corrected chi connectivity index (χ4v) is 13.0. The summed E-state index contributed by atoms with van der Waals surface area (Å²) in [5.74, 6) is 0.830. The first kappa shape index (κ1) is 53.9. The van der Waals surface area contributed by atoms with Gasteiger partial charge < -0.3 is 59.4 Å². The Balaban J connectivity index is 0.606. The number of β-amino-alcohol motifs (C(OH)–C–C–N with tert-alkyl or cyclic N) is 1. The summed E-state index contributed by atoms with van der Waals surface area (Å²) in [4.78, 5) is 46.9. The number of aromatic hydroxyl groups is 1.